The number of amides is 2. The summed E-state index contributed by atoms with van der Waals surface area (Å²) in [6.45, 7) is 3.67. The molecule has 1 aliphatic rings. The molecule has 0 aromatic heterocycles. The van der Waals surface area contributed by atoms with Crippen LogP contribution in [0.15, 0.2) is 89.8 Å². The maximum absolute atomic E-state index is 14.1. The van der Waals surface area contributed by atoms with Gasteiger partial charge in [-0.25, -0.2) is 8.42 Å². The quantitative estimate of drug-likeness (QED) is 0.310. The van der Waals surface area contributed by atoms with E-state index in [-0.39, 0.29) is 16.8 Å². The van der Waals surface area contributed by atoms with Crippen molar-refractivity contribution in [2.45, 2.75) is 75.8 Å². The number of anilines is 1. The highest BCUT2D eigenvalue weighted by molar-refractivity contribution is 7.92. The third-order valence-electron chi connectivity index (χ3n) is 7.75. The van der Waals surface area contributed by atoms with Gasteiger partial charge in [0.2, 0.25) is 11.8 Å². The Morgan fingerprint density at radius 2 is 1.49 bits per heavy atom. The summed E-state index contributed by atoms with van der Waals surface area (Å²) in [6.07, 6.45) is 6.21. The largest absolute Gasteiger partial charge is 0.352 e. The molecule has 1 fully saturated rings. The number of nitrogens with zero attached hydrogens (tertiary/aromatic N) is 2. The molecular weight excluding hydrogens is 534 g/mol. The summed E-state index contributed by atoms with van der Waals surface area (Å²) in [5, 5.41) is 3.19. The van der Waals surface area contributed by atoms with Gasteiger partial charge in [0, 0.05) is 12.6 Å². The lowest BCUT2D eigenvalue weighted by molar-refractivity contribution is -0.140. The summed E-state index contributed by atoms with van der Waals surface area (Å²) in [7, 11) is -4.06. The molecule has 0 aliphatic heterocycles. The molecule has 3 aromatic carbocycles. The van der Waals surface area contributed by atoms with Crippen molar-refractivity contribution in [1.82, 2.24) is 10.2 Å². The highest BCUT2D eigenvalue weighted by atomic mass is 32.2. The van der Waals surface area contributed by atoms with Crippen molar-refractivity contribution in [3.05, 3.63) is 96.1 Å². The van der Waals surface area contributed by atoms with Crippen LogP contribution in [-0.2, 0) is 26.0 Å². The van der Waals surface area contributed by atoms with E-state index in [0.717, 1.165) is 41.1 Å². The lowest BCUT2D eigenvalue weighted by Crippen LogP contribution is -2.54. The van der Waals surface area contributed by atoms with Crippen LogP contribution in [0.2, 0.25) is 0 Å². The van der Waals surface area contributed by atoms with Gasteiger partial charge in [-0.05, 0) is 62.4 Å². The number of sulfonamides is 1. The number of carbonyl (C=O) groups excluding carboxylic acids is 2. The first-order valence-electron chi connectivity index (χ1n) is 14.6. The number of carbonyl (C=O) groups is 2. The Bertz CT molecular complexity index is 1370. The number of benzene rings is 3. The molecule has 1 N–H and O–H groups in total. The monoisotopic (exact) mass is 575 g/mol. The molecule has 0 heterocycles. The third-order valence-corrected chi connectivity index (χ3v) is 9.54. The van der Waals surface area contributed by atoms with Gasteiger partial charge in [-0.2, -0.15) is 0 Å². The van der Waals surface area contributed by atoms with Crippen molar-refractivity contribution < 1.29 is 18.0 Å². The summed E-state index contributed by atoms with van der Waals surface area (Å²) in [4.78, 5) is 29.4. The van der Waals surface area contributed by atoms with E-state index in [1.807, 2.05) is 44.2 Å². The van der Waals surface area contributed by atoms with Gasteiger partial charge in [-0.1, -0.05) is 92.4 Å². The molecule has 8 heteroatoms. The Morgan fingerprint density at radius 1 is 0.878 bits per heavy atom. The van der Waals surface area contributed by atoms with Crippen LogP contribution in [0, 0.1) is 6.92 Å². The van der Waals surface area contributed by atoms with Crippen molar-refractivity contribution in [2.24, 2.45) is 0 Å². The number of hydrogen-bond acceptors (Lipinski definition) is 4. The fourth-order valence-electron chi connectivity index (χ4n) is 5.40. The Labute approximate surface area is 244 Å². The van der Waals surface area contributed by atoms with E-state index >= 15 is 0 Å². The molecule has 4 rings (SSSR count). The molecule has 2 amide bonds. The minimum absolute atomic E-state index is 0.109. The number of aryl methyl sites for hydroxylation is 1. The van der Waals surface area contributed by atoms with Gasteiger partial charge < -0.3 is 10.2 Å². The van der Waals surface area contributed by atoms with Crippen molar-refractivity contribution in [3.63, 3.8) is 0 Å². The first kappa shape index (κ1) is 30.3. The molecule has 218 valence electrons. The minimum atomic E-state index is -4.06. The van der Waals surface area contributed by atoms with Crippen molar-refractivity contribution in [2.75, 3.05) is 17.4 Å². The maximum Gasteiger partial charge on any atom is 0.264 e. The Balaban J connectivity index is 1.64. The molecule has 0 saturated heterocycles. The van der Waals surface area contributed by atoms with Crippen LogP contribution in [0.5, 0.6) is 0 Å². The van der Waals surface area contributed by atoms with Crippen molar-refractivity contribution >= 4 is 27.5 Å². The lowest BCUT2D eigenvalue weighted by atomic mass is 9.95. The van der Waals surface area contributed by atoms with Crippen LogP contribution in [0.3, 0.4) is 0 Å². The van der Waals surface area contributed by atoms with Crippen LogP contribution in [-0.4, -0.2) is 50.3 Å². The molecule has 0 bridgehead atoms. The highest BCUT2D eigenvalue weighted by Crippen LogP contribution is 2.25. The Morgan fingerprint density at radius 3 is 2.10 bits per heavy atom. The van der Waals surface area contributed by atoms with E-state index in [9.17, 15) is 18.0 Å². The summed E-state index contributed by atoms with van der Waals surface area (Å²) in [6, 6.07) is 24.5. The van der Waals surface area contributed by atoms with E-state index in [0.29, 0.717) is 25.1 Å². The van der Waals surface area contributed by atoms with Gasteiger partial charge in [-0.3, -0.25) is 13.9 Å². The number of rotatable bonds is 12. The van der Waals surface area contributed by atoms with Crippen LogP contribution in [0.4, 0.5) is 5.69 Å². The average Bonchev–Trinajstić information content (AvgIpc) is 2.99. The van der Waals surface area contributed by atoms with Crippen LogP contribution >= 0.6 is 0 Å². The SMILES string of the molecule is CC[C@@H](C(=O)NC1CCCCC1)N(CCc1ccccc1)C(=O)CN(c1ccccc1)S(=O)(=O)c1ccc(C)cc1. The molecule has 1 saturated carbocycles. The average molecular weight is 576 g/mol. The molecule has 0 unspecified atom stereocenters. The Hall–Kier alpha value is -3.65. The van der Waals surface area contributed by atoms with Crippen LogP contribution < -0.4 is 9.62 Å². The molecular formula is C33H41N3O4S. The zero-order valence-electron chi connectivity index (χ0n) is 24.0. The first-order valence-corrected chi connectivity index (χ1v) is 16.0. The molecule has 0 radical (unpaired) electrons. The maximum atomic E-state index is 14.1. The highest BCUT2D eigenvalue weighted by Gasteiger charge is 2.34. The fraction of sp³-hybridized carbons (Fsp3) is 0.394. The smallest absolute Gasteiger partial charge is 0.264 e. The van der Waals surface area contributed by atoms with Crippen molar-refractivity contribution in [1.29, 1.82) is 0 Å². The zero-order chi connectivity index (χ0) is 29.2. The number of para-hydroxylation sites is 1. The number of nitrogens with one attached hydrogen (secondary N) is 1. The van der Waals surface area contributed by atoms with Gasteiger partial charge in [0.05, 0.1) is 10.6 Å². The normalized spacial score (nSPS) is 14.7. The van der Waals surface area contributed by atoms with Gasteiger partial charge >= 0.3 is 0 Å². The van der Waals surface area contributed by atoms with Crippen LogP contribution in [0.1, 0.15) is 56.6 Å². The summed E-state index contributed by atoms with van der Waals surface area (Å²) >= 11 is 0. The van der Waals surface area contributed by atoms with E-state index in [2.05, 4.69) is 5.32 Å². The first-order chi connectivity index (χ1) is 19.8. The lowest BCUT2D eigenvalue weighted by Gasteiger charge is -2.34. The molecule has 7 nitrogen and oxygen atoms in total. The number of hydrogen-bond donors (Lipinski definition) is 1. The van der Waals surface area contributed by atoms with Crippen molar-refractivity contribution in [3.8, 4) is 0 Å². The fourth-order valence-corrected chi connectivity index (χ4v) is 6.81. The van der Waals surface area contributed by atoms with Gasteiger partial charge in [0.1, 0.15) is 12.6 Å². The van der Waals surface area contributed by atoms with E-state index in [1.54, 1.807) is 59.5 Å². The minimum Gasteiger partial charge on any atom is -0.352 e. The van der Waals surface area contributed by atoms with Gasteiger partial charge in [-0.15, -0.1) is 0 Å². The predicted molar refractivity (Wildman–Crippen MR) is 163 cm³/mol. The molecule has 3 aromatic rings. The van der Waals surface area contributed by atoms with E-state index in [4.69, 9.17) is 0 Å². The second-order valence-electron chi connectivity index (χ2n) is 10.8. The molecule has 1 aliphatic carbocycles. The van der Waals surface area contributed by atoms with Gasteiger partial charge in [0.15, 0.2) is 0 Å². The van der Waals surface area contributed by atoms with Crippen LogP contribution in [0.25, 0.3) is 0 Å². The van der Waals surface area contributed by atoms with Gasteiger partial charge in [0.25, 0.3) is 10.0 Å². The zero-order valence-corrected chi connectivity index (χ0v) is 24.9. The molecule has 1 atom stereocenters. The van der Waals surface area contributed by atoms with E-state index in [1.165, 1.54) is 6.42 Å². The summed E-state index contributed by atoms with van der Waals surface area (Å²) in [5.74, 6) is -0.584. The molecule has 0 spiro atoms. The topological polar surface area (TPSA) is 86.8 Å². The standard InChI is InChI=1S/C33H41N3O4S/c1-3-31(33(38)34-28-15-9-5-10-16-28)35(24-23-27-13-7-4-8-14-27)32(37)25-36(29-17-11-6-12-18-29)41(39,40)30-21-19-26(2)20-22-30/h4,6-8,11-14,17-22,28,31H,3,5,9-10,15-16,23-25H2,1-2H3,(H,34,38)/t31-/m0/s1. The summed E-state index contributed by atoms with van der Waals surface area (Å²) < 4.78 is 28.9. The third kappa shape index (κ3) is 7.97. The second-order valence-corrected chi connectivity index (χ2v) is 12.6. The predicted octanol–water partition coefficient (Wildman–Crippen LogP) is 5.49. The second kappa shape index (κ2) is 14.3. The Kier molecular flexibility index (Phi) is 10.6. The summed E-state index contributed by atoms with van der Waals surface area (Å²) in [5.41, 5.74) is 2.37. The molecule has 41 heavy (non-hydrogen) atoms. The van der Waals surface area contributed by atoms with E-state index < -0.39 is 28.5 Å².